The lowest BCUT2D eigenvalue weighted by molar-refractivity contribution is -0.157. The molecule has 2 amide bonds. The van der Waals surface area contributed by atoms with Gasteiger partial charge >= 0.3 is 0 Å². The van der Waals surface area contributed by atoms with Crippen molar-refractivity contribution >= 4 is 11.8 Å². The van der Waals surface area contributed by atoms with Crippen LogP contribution >= 0.6 is 0 Å². The number of morpholine rings is 1. The molecule has 4 rings (SSSR count). The lowest BCUT2D eigenvalue weighted by atomic mass is 9.89. The molecule has 0 unspecified atom stereocenters. The van der Waals surface area contributed by atoms with Crippen LogP contribution in [0.5, 0.6) is 0 Å². The number of aromatic amines is 1. The second kappa shape index (κ2) is 9.32. The van der Waals surface area contributed by atoms with Crippen LogP contribution < -0.4 is 5.32 Å². The van der Waals surface area contributed by atoms with Gasteiger partial charge in [0.25, 0.3) is 11.8 Å². The molecule has 0 spiro atoms. The highest BCUT2D eigenvalue weighted by molar-refractivity contribution is 5.92. The first kappa shape index (κ1) is 21.7. The van der Waals surface area contributed by atoms with Crippen LogP contribution in [0.25, 0.3) is 11.1 Å². The van der Waals surface area contributed by atoms with Crippen LogP contribution in [0.3, 0.4) is 0 Å². The van der Waals surface area contributed by atoms with E-state index < -0.39 is 5.60 Å². The first-order valence-corrected chi connectivity index (χ1v) is 10.7. The third-order valence-electron chi connectivity index (χ3n) is 5.45. The number of carbonyl (C=O) groups is 2. The highest BCUT2D eigenvalue weighted by Crippen LogP contribution is 2.27. The lowest BCUT2D eigenvalue weighted by Gasteiger charge is -2.41. The molecule has 32 heavy (non-hydrogen) atoms. The van der Waals surface area contributed by atoms with Gasteiger partial charge in [-0.15, -0.1) is 0 Å². The molecule has 2 heterocycles. The standard InChI is InChI=1S/C24H27N5O3/c1-17(2)27-23(31)24(15-29(11-12-32-24)22(30)21-25-16-26-28-21)14-18-7-6-10-20(13-18)19-8-4-3-5-9-19/h3-10,13,16-17H,11-12,14-15H2,1-2H3,(H,27,31)(H,25,26,28)/t24-/m1/s1. The highest BCUT2D eigenvalue weighted by atomic mass is 16.5. The first-order valence-electron chi connectivity index (χ1n) is 10.7. The molecule has 0 aliphatic carbocycles. The van der Waals surface area contributed by atoms with Crippen molar-refractivity contribution in [1.82, 2.24) is 25.4 Å². The van der Waals surface area contributed by atoms with Gasteiger partial charge in [-0.05, 0) is 30.5 Å². The van der Waals surface area contributed by atoms with E-state index in [0.717, 1.165) is 16.7 Å². The number of carbonyl (C=O) groups excluding carboxylic acids is 2. The molecule has 8 nitrogen and oxygen atoms in total. The van der Waals surface area contributed by atoms with Gasteiger partial charge in [0, 0.05) is 19.0 Å². The maximum Gasteiger partial charge on any atom is 0.291 e. The van der Waals surface area contributed by atoms with Gasteiger partial charge in [-0.3, -0.25) is 14.7 Å². The number of ether oxygens (including phenoxy) is 1. The van der Waals surface area contributed by atoms with Crippen molar-refractivity contribution in [3.05, 3.63) is 72.3 Å². The summed E-state index contributed by atoms with van der Waals surface area (Å²) in [6, 6.07) is 18.1. The molecule has 1 aliphatic rings. The van der Waals surface area contributed by atoms with Gasteiger partial charge in [0.2, 0.25) is 5.82 Å². The number of amides is 2. The zero-order valence-corrected chi connectivity index (χ0v) is 18.2. The van der Waals surface area contributed by atoms with Crippen LogP contribution in [0.1, 0.15) is 30.0 Å². The minimum absolute atomic E-state index is 0.0565. The van der Waals surface area contributed by atoms with E-state index in [1.165, 1.54) is 6.33 Å². The summed E-state index contributed by atoms with van der Waals surface area (Å²) in [6.07, 6.45) is 1.63. The Labute approximate surface area is 187 Å². The molecule has 1 saturated heterocycles. The third-order valence-corrected chi connectivity index (χ3v) is 5.45. The average Bonchev–Trinajstić information content (AvgIpc) is 3.34. The number of nitrogens with zero attached hydrogens (tertiary/aromatic N) is 3. The lowest BCUT2D eigenvalue weighted by Crippen LogP contribution is -2.62. The zero-order valence-electron chi connectivity index (χ0n) is 18.2. The van der Waals surface area contributed by atoms with E-state index >= 15 is 0 Å². The molecule has 2 N–H and O–H groups in total. The van der Waals surface area contributed by atoms with E-state index in [1.807, 2.05) is 50.2 Å². The average molecular weight is 434 g/mol. The molecule has 1 fully saturated rings. The zero-order chi connectivity index (χ0) is 22.6. The maximum atomic E-state index is 13.3. The summed E-state index contributed by atoms with van der Waals surface area (Å²) in [7, 11) is 0. The summed E-state index contributed by atoms with van der Waals surface area (Å²) in [5.41, 5.74) is 1.92. The Balaban J connectivity index is 1.64. The summed E-state index contributed by atoms with van der Waals surface area (Å²) in [4.78, 5) is 31.8. The minimum Gasteiger partial charge on any atom is -0.361 e. The molecule has 166 valence electrons. The van der Waals surface area contributed by atoms with E-state index in [9.17, 15) is 9.59 Å². The molecule has 3 aromatic rings. The Bertz CT molecular complexity index is 1070. The van der Waals surface area contributed by atoms with Crippen molar-refractivity contribution < 1.29 is 14.3 Å². The maximum absolute atomic E-state index is 13.3. The van der Waals surface area contributed by atoms with Crippen LogP contribution in [0.15, 0.2) is 60.9 Å². The van der Waals surface area contributed by atoms with E-state index in [4.69, 9.17) is 4.74 Å². The number of rotatable bonds is 6. The predicted octanol–water partition coefficient (Wildman–Crippen LogP) is 2.45. The fourth-order valence-corrected chi connectivity index (χ4v) is 3.96. The van der Waals surface area contributed by atoms with Crippen LogP contribution in [0.4, 0.5) is 0 Å². The van der Waals surface area contributed by atoms with Crippen LogP contribution in [-0.4, -0.2) is 63.2 Å². The number of aromatic nitrogens is 3. The molecular weight excluding hydrogens is 406 g/mol. The summed E-state index contributed by atoms with van der Waals surface area (Å²) in [5.74, 6) is -0.380. The van der Waals surface area contributed by atoms with E-state index in [2.05, 4.69) is 38.7 Å². The molecule has 0 saturated carbocycles. The third kappa shape index (κ3) is 4.70. The van der Waals surface area contributed by atoms with E-state index in [0.29, 0.717) is 13.0 Å². The summed E-state index contributed by atoms with van der Waals surface area (Å²) in [6.45, 7) is 4.56. The van der Waals surface area contributed by atoms with Gasteiger partial charge in [0.1, 0.15) is 6.33 Å². The highest BCUT2D eigenvalue weighted by Gasteiger charge is 2.45. The van der Waals surface area contributed by atoms with E-state index in [1.54, 1.807) is 4.90 Å². The fraction of sp³-hybridized carbons (Fsp3) is 0.333. The summed E-state index contributed by atoms with van der Waals surface area (Å²) < 4.78 is 6.12. The Morgan fingerprint density at radius 3 is 2.66 bits per heavy atom. The van der Waals surface area contributed by atoms with Crippen LogP contribution in [0.2, 0.25) is 0 Å². The van der Waals surface area contributed by atoms with Gasteiger partial charge in [-0.1, -0.05) is 54.6 Å². The van der Waals surface area contributed by atoms with Crippen molar-refractivity contribution in [2.45, 2.75) is 31.9 Å². The molecule has 0 radical (unpaired) electrons. The van der Waals surface area contributed by atoms with E-state index in [-0.39, 0.29) is 36.8 Å². The quantitative estimate of drug-likeness (QED) is 0.622. The van der Waals surface area contributed by atoms with Crippen molar-refractivity contribution in [3.63, 3.8) is 0 Å². The second-order valence-corrected chi connectivity index (χ2v) is 8.27. The van der Waals surface area contributed by atoms with Crippen molar-refractivity contribution in [2.75, 3.05) is 19.7 Å². The number of hydrogen-bond donors (Lipinski definition) is 2. The second-order valence-electron chi connectivity index (χ2n) is 8.27. The van der Waals surface area contributed by atoms with Gasteiger partial charge in [-0.25, -0.2) is 4.98 Å². The van der Waals surface area contributed by atoms with Crippen LogP contribution in [-0.2, 0) is 16.0 Å². The van der Waals surface area contributed by atoms with Gasteiger partial charge in [-0.2, -0.15) is 5.10 Å². The molecule has 1 aromatic heterocycles. The topological polar surface area (TPSA) is 100 Å². The Morgan fingerprint density at radius 2 is 1.94 bits per heavy atom. The number of nitrogens with one attached hydrogen (secondary N) is 2. The normalized spacial score (nSPS) is 18.5. The smallest absolute Gasteiger partial charge is 0.291 e. The Morgan fingerprint density at radius 1 is 1.16 bits per heavy atom. The molecule has 2 aromatic carbocycles. The van der Waals surface area contributed by atoms with Crippen molar-refractivity contribution in [2.24, 2.45) is 0 Å². The number of H-pyrrole nitrogens is 1. The Hall–Kier alpha value is -3.52. The predicted molar refractivity (Wildman–Crippen MR) is 120 cm³/mol. The number of benzene rings is 2. The largest absolute Gasteiger partial charge is 0.361 e. The van der Waals surface area contributed by atoms with Gasteiger partial charge < -0.3 is 15.0 Å². The molecule has 1 aliphatic heterocycles. The fourth-order valence-electron chi connectivity index (χ4n) is 3.96. The van der Waals surface area contributed by atoms with Gasteiger partial charge in [0.05, 0.1) is 13.2 Å². The SMILES string of the molecule is CC(C)NC(=O)[C@@]1(Cc2cccc(-c3ccccc3)c2)CN(C(=O)c2ncn[nH]2)CCO1. The molecular formula is C24H27N5O3. The first-order chi connectivity index (χ1) is 15.5. The van der Waals surface area contributed by atoms with Crippen LogP contribution in [0, 0.1) is 0 Å². The van der Waals surface area contributed by atoms with Gasteiger partial charge in [0.15, 0.2) is 5.60 Å². The number of hydrogen-bond acceptors (Lipinski definition) is 5. The van der Waals surface area contributed by atoms with Crippen molar-refractivity contribution in [3.8, 4) is 11.1 Å². The molecule has 0 bridgehead atoms. The summed E-state index contributed by atoms with van der Waals surface area (Å²) in [5, 5.41) is 9.34. The molecule has 1 atom stereocenters. The van der Waals surface area contributed by atoms with Crippen molar-refractivity contribution in [1.29, 1.82) is 0 Å². The minimum atomic E-state index is -1.20. The monoisotopic (exact) mass is 433 g/mol. The Kier molecular flexibility index (Phi) is 6.32. The molecule has 8 heteroatoms. The summed E-state index contributed by atoms with van der Waals surface area (Å²) >= 11 is 0.